The van der Waals surface area contributed by atoms with Gasteiger partial charge in [0.05, 0.1) is 16.9 Å². The molecule has 0 aliphatic heterocycles. The molecule has 0 saturated heterocycles. The maximum absolute atomic E-state index is 11.8. The molecule has 2 aromatic heterocycles. The minimum Gasteiger partial charge on any atom is -0.487 e. The Balaban J connectivity index is 1.67. The van der Waals surface area contributed by atoms with Gasteiger partial charge in [0.2, 0.25) is 5.91 Å². The molecule has 2 aromatic carbocycles. The van der Waals surface area contributed by atoms with Crippen LogP contribution in [0.1, 0.15) is 5.69 Å². The Morgan fingerprint density at radius 3 is 2.82 bits per heavy atom. The van der Waals surface area contributed by atoms with Crippen LogP contribution >= 0.6 is 0 Å². The number of ether oxygens (including phenoxy) is 1. The molecule has 2 heterocycles. The summed E-state index contributed by atoms with van der Waals surface area (Å²) in [7, 11) is 0. The molecule has 0 radical (unpaired) electrons. The van der Waals surface area contributed by atoms with Crippen molar-refractivity contribution in [2.45, 2.75) is 6.61 Å². The van der Waals surface area contributed by atoms with E-state index in [1.54, 1.807) is 6.20 Å². The lowest BCUT2D eigenvalue weighted by molar-refractivity contribution is -0.111. The molecule has 4 aromatic rings. The van der Waals surface area contributed by atoms with Crippen molar-refractivity contribution in [3.8, 4) is 17.0 Å². The third kappa shape index (κ3) is 3.61. The van der Waals surface area contributed by atoms with Gasteiger partial charge in [-0.05, 0) is 42.5 Å². The fourth-order valence-electron chi connectivity index (χ4n) is 2.91. The van der Waals surface area contributed by atoms with Crippen LogP contribution in [0.15, 0.2) is 79.5 Å². The highest BCUT2D eigenvalue weighted by Crippen LogP contribution is 2.33. The maximum Gasteiger partial charge on any atom is 0.247 e. The van der Waals surface area contributed by atoms with Gasteiger partial charge in [-0.15, -0.1) is 0 Å². The number of carbonyl (C=O) groups is 1. The fourth-order valence-corrected chi connectivity index (χ4v) is 2.91. The molecule has 0 atom stereocenters. The third-order valence-corrected chi connectivity index (χ3v) is 4.27. The van der Waals surface area contributed by atoms with Crippen molar-refractivity contribution >= 4 is 22.5 Å². The first kappa shape index (κ1) is 17.5. The van der Waals surface area contributed by atoms with Crippen molar-refractivity contribution in [1.29, 1.82) is 0 Å². The number of H-pyrrole nitrogens is 1. The number of anilines is 1. The quantitative estimate of drug-likeness (QED) is 0.495. The van der Waals surface area contributed by atoms with E-state index >= 15 is 0 Å². The van der Waals surface area contributed by atoms with Crippen LogP contribution in [-0.4, -0.2) is 21.1 Å². The van der Waals surface area contributed by atoms with E-state index in [4.69, 9.17) is 4.74 Å². The first-order chi connectivity index (χ1) is 13.7. The van der Waals surface area contributed by atoms with Crippen molar-refractivity contribution in [3.05, 3.63) is 85.2 Å². The van der Waals surface area contributed by atoms with Crippen LogP contribution in [0.4, 0.5) is 5.69 Å². The summed E-state index contributed by atoms with van der Waals surface area (Å²) in [5.41, 5.74) is 3.95. The van der Waals surface area contributed by atoms with Crippen LogP contribution in [0.25, 0.3) is 22.2 Å². The van der Waals surface area contributed by atoms with Gasteiger partial charge in [0.1, 0.15) is 18.1 Å². The topological polar surface area (TPSA) is 79.9 Å². The van der Waals surface area contributed by atoms with Crippen molar-refractivity contribution in [1.82, 2.24) is 15.2 Å². The summed E-state index contributed by atoms with van der Waals surface area (Å²) in [6, 6.07) is 19.0. The van der Waals surface area contributed by atoms with Gasteiger partial charge in [-0.25, -0.2) is 0 Å². The lowest BCUT2D eigenvalue weighted by Gasteiger charge is -2.09. The van der Waals surface area contributed by atoms with Gasteiger partial charge in [0.25, 0.3) is 0 Å². The van der Waals surface area contributed by atoms with E-state index < -0.39 is 0 Å². The molecular weight excluding hydrogens is 352 g/mol. The first-order valence-electron chi connectivity index (χ1n) is 8.78. The highest BCUT2D eigenvalue weighted by molar-refractivity contribution is 6.04. The predicted octanol–water partition coefficient (Wildman–Crippen LogP) is 4.33. The lowest BCUT2D eigenvalue weighted by Crippen LogP contribution is -2.08. The van der Waals surface area contributed by atoms with Gasteiger partial charge in [0.15, 0.2) is 0 Å². The average molecular weight is 370 g/mol. The number of aromatic nitrogens is 3. The molecular formula is C22H18N4O2. The Hall–Kier alpha value is -3.93. The zero-order valence-corrected chi connectivity index (χ0v) is 15.1. The SMILES string of the molecule is C=CC(=O)Nc1ccccc1-c1n[nH]c2ccc(OCc3ccccn3)cc12. The minimum absolute atomic E-state index is 0.272. The molecule has 138 valence electrons. The molecule has 4 rings (SSSR count). The monoisotopic (exact) mass is 370 g/mol. The van der Waals surface area contributed by atoms with E-state index in [1.165, 1.54) is 6.08 Å². The predicted molar refractivity (Wildman–Crippen MR) is 109 cm³/mol. The minimum atomic E-state index is -0.272. The summed E-state index contributed by atoms with van der Waals surface area (Å²) in [5, 5.41) is 11.2. The molecule has 6 nitrogen and oxygen atoms in total. The van der Waals surface area contributed by atoms with E-state index in [-0.39, 0.29) is 5.91 Å². The van der Waals surface area contributed by atoms with E-state index in [0.29, 0.717) is 18.0 Å². The number of nitrogens with one attached hydrogen (secondary N) is 2. The Morgan fingerprint density at radius 1 is 1.14 bits per heavy atom. The van der Waals surface area contributed by atoms with Crippen molar-refractivity contribution < 1.29 is 9.53 Å². The van der Waals surface area contributed by atoms with Crippen molar-refractivity contribution in [2.75, 3.05) is 5.32 Å². The smallest absolute Gasteiger partial charge is 0.247 e. The Kier molecular flexibility index (Phi) is 4.84. The summed E-state index contributed by atoms with van der Waals surface area (Å²) in [5.74, 6) is 0.445. The largest absolute Gasteiger partial charge is 0.487 e. The van der Waals surface area contributed by atoms with Crippen LogP contribution in [0, 0.1) is 0 Å². The zero-order chi connectivity index (χ0) is 19.3. The second-order valence-corrected chi connectivity index (χ2v) is 6.13. The van der Waals surface area contributed by atoms with Crippen LogP contribution in [0.5, 0.6) is 5.75 Å². The van der Waals surface area contributed by atoms with Crippen LogP contribution in [0.2, 0.25) is 0 Å². The summed E-state index contributed by atoms with van der Waals surface area (Å²) in [4.78, 5) is 16.0. The van der Waals surface area contributed by atoms with E-state index in [0.717, 1.165) is 27.9 Å². The maximum atomic E-state index is 11.8. The number of aromatic amines is 1. The summed E-state index contributed by atoms with van der Waals surface area (Å²) in [6.45, 7) is 3.88. The van der Waals surface area contributed by atoms with Crippen LogP contribution in [-0.2, 0) is 11.4 Å². The second-order valence-electron chi connectivity index (χ2n) is 6.13. The first-order valence-corrected chi connectivity index (χ1v) is 8.78. The fraction of sp³-hybridized carbons (Fsp3) is 0.0455. The Bertz CT molecular complexity index is 1140. The number of amides is 1. The molecule has 0 spiro atoms. The Morgan fingerprint density at radius 2 is 2.00 bits per heavy atom. The van der Waals surface area contributed by atoms with Gasteiger partial charge in [-0.3, -0.25) is 14.9 Å². The summed E-state index contributed by atoms with van der Waals surface area (Å²) >= 11 is 0. The van der Waals surface area contributed by atoms with E-state index in [1.807, 2.05) is 60.7 Å². The lowest BCUT2D eigenvalue weighted by atomic mass is 10.1. The van der Waals surface area contributed by atoms with Gasteiger partial charge in [-0.1, -0.05) is 30.8 Å². The molecule has 0 aliphatic carbocycles. The molecule has 2 N–H and O–H groups in total. The van der Waals surface area contributed by atoms with Crippen molar-refractivity contribution in [2.24, 2.45) is 0 Å². The number of benzene rings is 2. The molecule has 0 fully saturated rings. The van der Waals surface area contributed by atoms with Crippen molar-refractivity contribution in [3.63, 3.8) is 0 Å². The number of fused-ring (bicyclic) bond motifs is 1. The third-order valence-electron chi connectivity index (χ3n) is 4.27. The molecule has 1 amide bonds. The van der Waals surface area contributed by atoms with Gasteiger partial charge in [0, 0.05) is 17.1 Å². The van der Waals surface area contributed by atoms with Gasteiger partial charge >= 0.3 is 0 Å². The number of hydrogen-bond donors (Lipinski definition) is 2. The zero-order valence-electron chi connectivity index (χ0n) is 15.1. The number of carbonyl (C=O) groups excluding carboxylic acids is 1. The standard InChI is InChI=1S/C22H18N4O2/c1-2-21(27)24-19-9-4-3-8-17(19)22-18-13-16(10-11-20(18)25-26-22)28-14-15-7-5-6-12-23-15/h2-13H,1,14H2,(H,24,27)(H,25,26). The average Bonchev–Trinajstić information content (AvgIpc) is 3.16. The molecule has 6 heteroatoms. The van der Waals surface area contributed by atoms with Crippen LogP contribution < -0.4 is 10.1 Å². The molecule has 0 saturated carbocycles. The summed E-state index contributed by atoms with van der Waals surface area (Å²) in [6.07, 6.45) is 2.98. The second kappa shape index (κ2) is 7.75. The number of hydrogen-bond acceptors (Lipinski definition) is 4. The molecule has 0 aliphatic rings. The normalized spacial score (nSPS) is 10.6. The number of rotatable bonds is 6. The molecule has 0 bridgehead atoms. The summed E-state index contributed by atoms with van der Waals surface area (Å²) < 4.78 is 5.89. The van der Waals surface area contributed by atoms with E-state index in [2.05, 4.69) is 27.1 Å². The number of nitrogens with zero attached hydrogens (tertiary/aromatic N) is 2. The molecule has 28 heavy (non-hydrogen) atoms. The Labute approximate surface area is 161 Å². The number of pyridine rings is 1. The highest BCUT2D eigenvalue weighted by Gasteiger charge is 2.14. The van der Waals surface area contributed by atoms with Gasteiger partial charge < -0.3 is 10.1 Å². The van der Waals surface area contributed by atoms with Crippen LogP contribution in [0.3, 0.4) is 0 Å². The highest BCUT2D eigenvalue weighted by atomic mass is 16.5. The van der Waals surface area contributed by atoms with E-state index in [9.17, 15) is 4.79 Å². The number of para-hydroxylation sites is 1. The van der Waals surface area contributed by atoms with Gasteiger partial charge in [-0.2, -0.15) is 5.10 Å². The molecule has 0 unspecified atom stereocenters.